The Balaban J connectivity index is 2.76. The van der Waals surface area contributed by atoms with E-state index in [1.54, 1.807) is 0 Å². The SMILES string of the molecule is C/C1=C/CC[C@H](C)/C=C\[C@H](C(C)(C)O)CC1. The van der Waals surface area contributed by atoms with Crippen LogP contribution in [-0.2, 0) is 0 Å². The standard InChI is InChI=1S/C15H26O/c1-12-6-5-7-13(2)9-11-14(10-8-12)15(3,4)16/h6,9,11,13-14,16H,5,7-8,10H2,1-4H3/b11-9-,12-6-/t13-,14+/m0/s1. The van der Waals surface area contributed by atoms with Crippen molar-refractivity contribution >= 4 is 0 Å². The minimum absolute atomic E-state index is 0.274. The van der Waals surface area contributed by atoms with Crippen molar-refractivity contribution in [2.45, 2.75) is 59.0 Å². The lowest BCUT2D eigenvalue weighted by Crippen LogP contribution is -2.29. The van der Waals surface area contributed by atoms with E-state index in [4.69, 9.17) is 0 Å². The second-order valence-electron chi connectivity index (χ2n) is 5.79. The van der Waals surface area contributed by atoms with Gasteiger partial charge in [0.2, 0.25) is 0 Å². The number of rotatable bonds is 1. The van der Waals surface area contributed by atoms with Gasteiger partial charge in [0.25, 0.3) is 0 Å². The molecule has 0 aromatic rings. The Morgan fingerprint density at radius 2 is 1.94 bits per heavy atom. The molecule has 92 valence electrons. The maximum Gasteiger partial charge on any atom is 0.0654 e. The zero-order valence-electron chi connectivity index (χ0n) is 11.2. The molecule has 0 saturated carbocycles. The van der Waals surface area contributed by atoms with Crippen molar-refractivity contribution < 1.29 is 5.11 Å². The van der Waals surface area contributed by atoms with Crippen LogP contribution in [-0.4, -0.2) is 10.7 Å². The fourth-order valence-corrected chi connectivity index (χ4v) is 2.18. The van der Waals surface area contributed by atoms with E-state index in [9.17, 15) is 5.11 Å². The van der Waals surface area contributed by atoms with Crippen LogP contribution in [0.1, 0.15) is 53.4 Å². The van der Waals surface area contributed by atoms with Crippen molar-refractivity contribution in [1.29, 1.82) is 0 Å². The topological polar surface area (TPSA) is 20.2 Å². The fourth-order valence-electron chi connectivity index (χ4n) is 2.18. The van der Waals surface area contributed by atoms with Crippen LogP contribution in [0.4, 0.5) is 0 Å². The molecule has 2 atom stereocenters. The van der Waals surface area contributed by atoms with Gasteiger partial charge in [-0.15, -0.1) is 0 Å². The summed E-state index contributed by atoms with van der Waals surface area (Å²) >= 11 is 0. The van der Waals surface area contributed by atoms with Crippen molar-refractivity contribution in [3.63, 3.8) is 0 Å². The second-order valence-corrected chi connectivity index (χ2v) is 5.79. The van der Waals surface area contributed by atoms with Gasteiger partial charge in [0.15, 0.2) is 0 Å². The molecule has 1 heteroatoms. The summed E-state index contributed by atoms with van der Waals surface area (Å²) in [6.07, 6.45) is 11.4. The van der Waals surface area contributed by atoms with Crippen LogP contribution in [0, 0.1) is 11.8 Å². The lowest BCUT2D eigenvalue weighted by molar-refractivity contribution is 0.0336. The average molecular weight is 222 g/mol. The zero-order valence-corrected chi connectivity index (χ0v) is 11.2. The summed E-state index contributed by atoms with van der Waals surface area (Å²) in [5.41, 5.74) is 0.868. The Hall–Kier alpha value is -0.560. The first-order valence-electron chi connectivity index (χ1n) is 6.46. The molecule has 0 aliphatic heterocycles. The van der Waals surface area contributed by atoms with Gasteiger partial charge in [0, 0.05) is 5.92 Å². The second kappa shape index (κ2) is 5.67. The first-order chi connectivity index (χ1) is 7.39. The van der Waals surface area contributed by atoms with Crippen LogP contribution in [0.2, 0.25) is 0 Å². The first-order valence-corrected chi connectivity index (χ1v) is 6.46. The smallest absolute Gasteiger partial charge is 0.0654 e. The Morgan fingerprint density at radius 1 is 1.25 bits per heavy atom. The normalized spacial score (nSPS) is 33.9. The van der Waals surface area contributed by atoms with Crippen LogP contribution in [0.15, 0.2) is 23.8 Å². The number of aliphatic hydroxyl groups is 1. The largest absolute Gasteiger partial charge is 0.390 e. The van der Waals surface area contributed by atoms with Crippen LogP contribution in [0.3, 0.4) is 0 Å². The summed E-state index contributed by atoms with van der Waals surface area (Å²) in [5, 5.41) is 10.1. The lowest BCUT2D eigenvalue weighted by Gasteiger charge is -2.27. The summed E-state index contributed by atoms with van der Waals surface area (Å²) in [7, 11) is 0. The van der Waals surface area contributed by atoms with Gasteiger partial charge in [-0.25, -0.2) is 0 Å². The van der Waals surface area contributed by atoms with Crippen molar-refractivity contribution in [3.05, 3.63) is 23.8 Å². The predicted molar refractivity (Wildman–Crippen MR) is 70.3 cm³/mol. The average Bonchev–Trinajstić information content (AvgIpc) is 2.15. The summed E-state index contributed by atoms with van der Waals surface area (Å²) in [6, 6.07) is 0. The highest BCUT2D eigenvalue weighted by Crippen LogP contribution is 2.27. The van der Waals surface area contributed by atoms with Crippen molar-refractivity contribution in [1.82, 2.24) is 0 Å². The molecule has 1 aliphatic carbocycles. The zero-order chi connectivity index (χ0) is 12.2. The molecule has 1 aliphatic rings. The molecule has 1 N–H and O–H groups in total. The van der Waals surface area contributed by atoms with Crippen molar-refractivity contribution in [2.24, 2.45) is 11.8 Å². The van der Waals surface area contributed by atoms with E-state index >= 15 is 0 Å². The van der Waals surface area contributed by atoms with Crippen molar-refractivity contribution in [3.8, 4) is 0 Å². The van der Waals surface area contributed by atoms with Gasteiger partial charge in [0.1, 0.15) is 0 Å². The minimum Gasteiger partial charge on any atom is -0.390 e. The van der Waals surface area contributed by atoms with Gasteiger partial charge in [-0.1, -0.05) is 30.7 Å². The Morgan fingerprint density at radius 3 is 2.56 bits per heavy atom. The van der Waals surface area contributed by atoms with E-state index in [0.29, 0.717) is 5.92 Å². The van der Waals surface area contributed by atoms with E-state index in [1.807, 2.05) is 13.8 Å². The van der Waals surface area contributed by atoms with Crippen LogP contribution < -0.4 is 0 Å². The number of hydrogen-bond acceptors (Lipinski definition) is 1. The van der Waals surface area contributed by atoms with Gasteiger partial charge in [-0.05, 0) is 52.4 Å². The molecule has 0 saturated heterocycles. The maximum atomic E-state index is 10.1. The van der Waals surface area contributed by atoms with Gasteiger partial charge in [-0.3, -0.25) is 0 Å². The quantitative estimate of drug-likeness (QED) is 0.663. The molecule has 0 aromatic carbocycles. The Labute approximate surface area is 100 Å². The van der Waals surface area contributed by atoms with E-state index in [1.165, 1.54) is 18.4 Å². The van der Waals surface area contributed by atoms with E-state index in [0.717, 1.165) is 12.8 Å². The number of allylic oxidation sites excluding steroid dienone is 3. The highest BCUT2D eigenvalue weighted by molar-refractivity contribution is 5.05. The molecule has 0 heterocycles. The van der Waals surface area contributed by atoms with Gasteiger partial charge in [-0.2, -0.15) is 0 Å². The molecule has 0 spiro atoms. The third-order valence-electron chi connectivity index (χ3n) is 3.54. The molecule has 0 amide bonds. The molecule has 0 radical (unpaired) electrons. The fraction of sp³-hybridized carbons (Fsp3) is 0.733. The maximum absolute atomic E-state index is 10.1. The lowest BCUT2D eigenvalue weighted by atomic mass is 9.84. The van der Waals surface area contributed by atoms with Gasteiger partial charge in [0.05, 0.1) is 5.60 Å². The highest BCUT2D eigenvalue weighted by atomic mass is 16.3. The summed E-state index contributed by atoms with van der Waals surface area (Å²) in [4.78, 5) is 0. The summed E-state index contributed by atoms with van der Waals surface area (Å²) < 4.78 is 0. The van der Waals surface area contributed by atoms with E-state index in [-0.39, 0.29) is 5.92 Å². The predicted octanol–water partition coefficient (Wildman–Crippen LogP) is 4.09. The Kier molecular flexibility index (Phi) is 4.79. The highest BCUT2D eigenvalue weighted by Gasteiger charge is 2.24. The summed E-state index contributed by atoms with van der Waals surface area (Å²) in [6.45, 7) is 8.29. The molecule has 0 fully saturated rings. The monoisotopic (exact) mass is 222 g/mol. The molecule has 0 bridgehead atoms. The van der Waals surface area contributed by atoms with E-state index in [2.05, 4.69) is 32.1 Å². The third-order valence-corrected chi connectivity index (χ3v) is 3.54. The van der Waals surface area contributed by atoms with E-state index < -0.39 is 5.60 Å². The van der Waals surface area contributed by atoms with Crippen LogP contribution >= 0.6 is 0 Å². The minimum atomic E-state index is -0.601. The van der Waals surface area contributed by atoms with Crippen LogP contribution in [0.5, 0.6) is 0 Å². The molecular weight excluding hydrogens is 196 g/mol. The van der Waals surface area contributed by atoms with Crippen molar-refractivity contribution in [2.75, 3.05) is 0 Å². The molecule has 0 aromatic heterocycles. The molecule has 16 heavy (non-hydrogen) atoms. The summed E-state index contributed by atoms with van der Waals surface area (Å²) in [5.74, 6) is 0.892. The van der Waals surface area contributed by atoms with Crippen LogP contribution in [0.25, 0.3) is 0 Å². The first kappa shape index (κ1) is 13.5. The van der Waals surface area contributed by atoms with Gasteiger partial charge >= 0.3 is 0 Å². The van der Waals surface area contributed by atoms with Gasteiger partial charge < -0.3 is 5.11 Å². The molecule has 1 rings (SSSR count). The number of hydrogen-bond donors (Lipinski definition) is 1. The molecule has 0 unspecified atom stereocenters. The third kappa shape index (κ3) is 4.52. The molecule has 1 nitrogen and oxygen atoms in total. The molecular formula is C15H26O. The Bertz CT molecular complexity index is 268.